The predicted octanol–water partition coefficient (Wildman–Crippen LogP) is 3.74. The lowest BCUT2D eigenvalue weighted by molar-refractivity contribution is -0.111. The molecule has 0 saturated carbocycles. The van der Waals surface area contributed by atoms with Gasteiger partial charge in [-0.05, 0) is 36.4 Å². The van der Waals surface area contributed by atoms with Gasteiger partial charge in [0.15, 0.2) is 11.6 Å². The highest BCUT2D eigenvalue weighted by molar-refractivity contribution is 6.42. The van der Waals surface area contributed by atoms with Gasteiger partial charge in [-0.1, -0.05) is 29.8 Å². The normalized spacial score (nSPS) is 9.90. The van der Waals surface area contributed by atoms with E-state index in [0.717, 1.165) is 5.69 Å². The molecule has 2 N–H and O–H groups in total. The average Bonchev–Trinajstić information content (AvgIpc) is 2.46. The van der Waals surface area contributed by atoms with Gasteiger partial charge in [0.05, 0.1) is 11.4 Å². The van der Waals surface area contributed by atoms with Crippen molar-refractivity contribution in [2.24, 2.45) is 0 Å². The first-order valence-electron chi connectivity index (χ1n) is 6.05. The van der Waals surface area contributed by atoms with Gasteiger partial charge in [-0.15, -0.1) is 0 Å². The Morgan fingerprint density at radius 1 is 1.10 bits per heavy atom. The number of rotatable bonds is 4. The molecule has 5 heteroatoms. The summed E-state index contributed by atoms with van der Waals surface area (Å²) in [7, 11) is 0. The number of halogens is 1. The van der Waals surface area contributed by atoms with Crippen LogP contribution in [0.3, 0.4) is 0 Å². The number of nitrogens with zero attached hydrogens (tertiary/aromatic N) is 1. The van der Waals surface area contributed by atoms with Crippen molar-refractivity contribution in [1.82, 2.24) is 0 Å². The summed E-state index contributed by atoms with van der Waals surface area (Å²) in [5.74, 6) is -0.473. The molecule has 0 aliphatic carbocycles. The van der Waals surface area contributed by atoms with Crippen LogP contribution < -0.4 is 10.4 Å². The first-order chi connectivity index (χ1) is 9.58. The number of para-hydroxylation sites is 1. The zero-order valence-electron chi connectivity index (χ0n) is 10.9. The summed E-state index contributed by atoms with van der Waals surface area (Å²) in [6, 6.07) is 16.3. The van der Waals surface area contributed by atoms with E-state index in [-0.39, 0.29) is 11.6 Å². The Bertz CT molecular complexity index is 611. The highest BCUT2D eigenvalue weighted by Gasteiger charge is 2.16. The molecular weight excluding hydrogens is 274 g/mol. The maximum absolute atomic E-state index is 11.5. The van der Waals surface area contributed by atoms with Gasteiger partial charge < -0.3 is 0 Å². The van der Waals surface area contributed by atoms with Crippen LogP contribution in [0.4, 0.5) is 11.4 Å². The van der Waals surface area contributed by atoms with E-state index >= 15 is 0 Å². The minimum atomic E-state index is -0.330. The van der Waals surface area contributed by atoms with Crippen LogP contribution in [0.5, 0.6) is 0 Å². The van der Waals surface area contributed by atoms with Gasteiger partial charge in [-0.25, -0.2) is 5.01 Å². The SMILES string of the molecule is CC(=O)C(=N)N(Nc1ccccc1)c1ccc(Cl)cc1. The summed E-state index contributed by atoms with van der Waals surface area (Å²) in [5.41, 5.74) is 4.49. The molecule has 0 amide bonds. The summed E-state index contributed by atoms with van der Waals surface area (Å²) in [4.78, 5) is 11.5. The number of hydrogen-bond acceptors (Lipinski definition) is 3. The lowest BCUT2D eigenvalue weighted by atomic mass is 10.3. The highest BCUT2D eigenvalue weighted by atomic mass is 35.5. The summed E-state index contributed by atoms with van der Waals surface area (Å²) in [6.07, 6.45) is 0. The third-order valence-corrected chi connectivity index (χ3v) is 2.91. The quantitative estimate of drug-likeness (QED) is 0.512. The topological polar surface area (TPSA) is 56.2 Å². The Balaban J connectivity index is 2.32. The molecule has 0 radical (unpaired) electrons. The van der Waals surface area contributed by atoms with Gasteiger partial charge in [0, 0.05) is 11.9 Å². The fraction of sp³-hybridized carbons (Fsp3) is 0.0667. The van der Waals surface area contributed by atoms with E-state index in [1.54, 1.807) is 24.3 Å². The molecular formula is C15H14ClN3O. The van der Waals surface area contributed by atoms with Crippen molar-refractivity contribution in [1.29, 1.82) is 5.41 Å². The van der Waals surface area contributed by atoms with Crippen LogP contribution in [-0.2, 0) is 4.79 Å². The second-order valence-corrected chi connectivity index (χ2v) is 4.63. The molecule has 0 unspecified atom stereocenters. The lowest BCUT2D eigenvalue weighted by Gasteiger charge is -2.25. The molecule has 0 bridgehead atoms. The third kappa shape index (κ3) is 3.36. The average molecular weight is 288 g/mol. The van der Waals surface area contributed by atoms with Crippen LogP contribution >= 0.6 is 11.6 Å². The number of amidine groups is 1. The Morgan fingerprint density at radius 3 is 2.25 bits per heavy atom. The third-order valence-electron chi connectivity index (χ3n) is 2.66. The van der Waals surface area contributed by atoms with E-state index in [1.807, 2.05) is 30.3 Å². The van der Waals surface area contributed by atoms with E-state index in [9.17, 15) is 4.79 Å². The molecule has 0 heterocycles. The number of benzene rings is 2. The van der Waals surface area contributed by atoms with Crippen molar-refractivity contribution < 1.29 is 4.79 Å². The van der Waals surface area contributed by atoms with Crippen LogP contribution in [0.25, 0.3) is 0 Å². The predicted molar refractivity (Wildman–Crippen MR) is 82.4 cm³/mol. The Morgan fingerprint density at radius 2 is 1.70 bits per heavy atom. The first kappa shape index (κ1) is 14.1. The molecule has 0 atom stereocenters. The number of nitrogens with one attached hydrogen (secondary N) is 2. The number of hydrazine groups is 1. The highest BCUT2D eigenvalue weighted by Crippen LogP contribution is 2.20. The van der Waals surface area contributed by atoms with Crippen molar-refractivity contribution in [3.05, 3.63) is 59.6 Å². The number of anilines is 2. The maximum Gasteiger partial charge on any atom is 0.196 e. The number of hydrogen-bond donors (Lipinski definition) is 2. The molecule has 2 aromatic rings. The van der Waals surface area contributed by atoms with Crippen molar-refractivity contribution in [3.63, 3.8) is 0 Å². The molecule has 2 rings (SSSR count). The second kappa shape index (κ2) is 6.21. The van der Waals surface area contributed by atoms with Crippen LogP contribution in [0, 0.1) is 5.41 Å². The second-order valence-electron chi connectivity index (χ2n) is 4.19. The molecule has 4 nitrogen and oxygen atoms in total. The standard InChI is InChI=1S/C15H14ClN3O/c1-11(20)15(17)19(14-9-7-12(16)8-10-14)18-13-5-3-2-4-6-13/h2-10,17-18H,1H3. The molecule has 0 saturated heterocycles. The fourth-order valence-electron chi connectivity index (χ4n) is 1.64. The molecule has 2 aromatic carbocycles. The first-order valence-corrected chi connectivity index (χ1v) is 6.42. The van der Waals surface area contributed by atoms with Crippen molar-refractivity contribution in [2.75, 3.05) is 10.4 Å². The van der Waals surface area contributed by atoms with E-state index in [2.05, 4.69) is 5.43 Å². The molecule has 0 aliphatic heterocycles. The van der Waals surface area contributed by atoms with Gasteiger partial charge in [0.2, 0.25) is 0 Å². The van der Waals surface area contributed by atoms with E-state index < -0.39 is 0 Å². The van der Waals surface area contributed by atoms with Crippen LogP contribution in [0.15, 0.2) is 54.6 Å². The number of Topliss-reactive ketones (excluding diaryl/α,β-unsaturated/α-hetero) is 1. The molecule has 0 fully saturated rings. The maximum atomic E-state index is 11.5. The van der Waals surface area contributed by atoms with Crippen LogP contribution in [-0.4, -0.2) is 11.6 Å². The summed E-state index contributed by atoms with van der Waals surface area (Å²) < 4.78 is 0. The zero-order valence-corrected chi connectivity index (χ0v) is 11.7. The zero-order chi connectivity index (χ0) is 14.5. The molecule has 0 spiro atoms. The fourth-order valence-corrected chi connectivity index (χ4v) is 1.76. The smallest absolute Gasteiger partial charge is 0.196 e. The molecule has 0 aliphatic rings. The van der Waals surface area contributed by atoms with Gasteiger partial charge in [0.25, 0.3) is 0 Å². The monoisotopic (exact) mass is 287 g/mol. The van der Waals surface area contributed by atoms with Crippen molar-refractivity contribution in [3.8, 4) is 0 Å². The Hall–Kier alpha value is -2.33. The van der Waals surface area contributed by atoms with Gasteiger partial charge in [-0.3, -0.25) is 15.6 Å². The largest absolute Gasteiger partial charge is 0.292 e. The Kier molecular flexibility index (Phi) is 4.38. The minimum Gasteiger partial charge on any atom is -0.292 e. The van der Waals surface area contributed by atoms with Crippen LogP contribution in [0.1, 0.15) is 6.92 Å². The van der Waals surface area contributed by atoms with Gasteiger partial charge in [0.1, 0.15) is 0 Å². The number of carbonyl (C=O) groups excluding carboxylic acids is 1. The van der Waals surface area contributed by atoms with Crippen molar-refractivity contribution >= 4 is 34.6 Å². The lowest BCUT2D eigenvalue weighted by Crippen LogP contribution is -2.39. The van der Waals surface area contributed by atoms with E-state index in [4.69, 9.17) is 17.0 Å². The molecule has 102 valence electrons. The number of ketones is 1. The van der Waals surface area contributed by atoms with Crippen LogP contribution in [0.2, 0.25) is 5.02 Å². The minimum absolute atomic E-state index is 0.142. The molecule has 20 heavy (non-hydrogen) atoms. The van der Waals surface area contributed by atoms with Gasteiger partial charge >= 0.3 is 0 Å². The summed E-state index contributed by atoms with van der Waals surface area (Å²) >= 11 is 5.86. The summed E-state index contributed by atoms with van der Waals surface area (Å²) in [5, 5.41) is 9.95. The van der Waals surface area contributed by atoms with Crippen molar-refractivity contribution in [2.45, 2.75) is 6.92 Å². The van der Waals surface area contributed by atoms with E-state index in [0.29, 0.717) is 10.7 Å². The van der Waals surface area contributed by atoms with Gasteiger partial charge in [-0.2, -0.15) is 0 Å². The number of carbonyl (C=O) groups is 1. The molecule has 0 aromatic heterocycles. The van der Waals surface area contributed by atoms with E-state index in [1.165, 1.54) is 11.9 Å². The summed E-state index contributed by atoms with van der Waals surface area (Å²) in [6.45, 7) is 1.36. The Labute approximate surface area is 122 Å².